The first kappa shape index (κ1) is 20.9. The van der Waals surface area contributed by atoms with Crippen molar-refractivity contribution < 1.29 is 28.6 Å². The lowest BCUT2D eigenvalue weighted by molar-refractivity contribution is -0.119. The van der Waals surface area contributed by atoms with Gasteiger partial charge in [0.2, 0.25) is 0 Å². The Morgan fingerprint density at radius 3 is 2.59 bits per heavy atom. The summed E-state index contributed by atoms with van der Waals surface area (Å²) in [5.74, 6) is -1.20. The Labute approximate surface area is 173 Å². The molecule has 0 atom stereocenters. The molecule has 1 aliphatic rings. The Morgan fingerprint density at radius 2 is 1.83 bits per heavy atom. The van der Waals surface area contributed by atoms with Gasteiger partial charge in [-0.2, -0.15) is 0 Å². The summed E-state index contributed by atoms with van der Waals surface area (Å²) in [4.78, 5) is 38.1. The van der Waals surface area contributed by atoms with E-state index in [0.29, 0.717) is 22.9 Å². The fraction of sp³-hybridized carbons (Fsp3) is 0.381. The Morgan fingerprint density at radius 1 is 1.03 bits per heavy atom. The van der Waals surface area contributed by atoms with E-state index >= 15 is 0 Å². The minimum atomic E-state index is -0.650. The minimum Gasteiger partial charge on any atom is -0.493 e. The second-order valence-corrected chi connectivity index (χ2v) is 7.44. The predicted octanol–water partition coefficient (Wildman–Crippen LogP) is 3.61. The number of esters is 2. The summed E-state index contributed by atoms with van der Waals surface area (Å²) in [6.45, 7) is 3.75. The van der Waals surface area contributed by atoms with E-state index in [4.69, 9.17) is 14.2 Å². The molecule has 0 aliphatic heterocycles. The van der Waals surface area contributed by atoms with Gasteiger partial charge in [-0.1, -0.05) is 12.1 Å². The molecule has 0 fully saturated rings. The van der Waals surface area contributed by atoms with Crippen molar-refractivity contribution in [2.75, 3.05) is 25.1 Å². The largest absolute Gasteiger partial charge is 0.493 e. The molecule has 1 heterocycles. The first-order valence-electron chi connectivity index (χ1n) is 9.55. The van der Waals surface area contributed by atoms with Gasteiger partial charge in [-0.25, -0.2) is 9.59 Å². The number of carbonyl (C=O) groups excluding carboxylic acids is 3. The normalized spacial score (nSPS) is 12.2. The van der Waals surface area contributed by atoms with E-state index in [2.05, 4.69) is 5.32 Å². The monoisotopic (exact) mass is 417 g/mol. The number of ether oxygens (including phenoxy) is 3. The molecule has 3 rings (SSSR count). The van der Waals surface area contributed by atoms with Crippen LogP contribution in [0.5, 0.6) is 5.75 Å². The first-order valence-corrected chi connectivity index (χ1v) is 10.4. The topological polar surface area (TPSA) is 90.9 Å². The summed E-state index contributed by atoms with van der Waals surface area (Å²) >= 11 is 1.38. The number of nitrogens with one attached hydrogen (secondary N) is 1. The molecule has 0 radical (unpaired) electrons. The second kappa shape index (κ2) is 9.56. The molecule has 1 aliphatic carbocycles. The highest BCUT2D eigenvalue weighted by atomic mass is 32.1. The number of thiophene rings is 1. The number of fused-ring (bicyclic) bond motifs is 1. The number of aryl methyl sites for hydroxylation is 1. The highest BCUT2D eigenvalue weighted by molar-refractivity contribution is 7.17. The smallest absolute Gasteiger partial charge is 0.342 e. The van der Waals surface area contributed by atoms with Crippen molar-refractivity contribution in [2.45, 2.75) is 33.1 Å². The first-order chi connectivity index (χ1) is 14.0. The van der Waals surface area contributed by atoms with Crippen molar-refractivity contribution in [3.8, 4) is 5.75 Å². The SMILES string of the molecule is CCOC(=O)c1c(NC(=O)COC(=O)c2ccccc2OCC)sc2c1CCC2. The van der Waals surface area contributed by atoms with Crippen molar-refractivity contribution in [1.29, 1.82) is 0 Å². The van der Waals surface area contributed by atoms with Gasteiger partial charge < -0.3 is 19.5 Å². The van der Waals surface area contributed by atoms with Crippen molar-refractivity contribution in [3.05, 3.63) is 45.8 Å². The molecule has 0 spiro atoms. The lowest BCUT2D eigenvalue weighted by Gasteiger charge is -2.10. The van der Waals surface area contributed by atoms with Crippen molar-refractivity contribution in [3.63, 3.8) is 0 Å². The van der Waals surface area contributed by atoms with Gasteiger partial charge in [0, 0.05) is 4.88 Å². The van der Waals surface area contributed by atoms with Crippen LogP contribution in [0.25, 0.3) is 0 Å². The lowest BCUT2D eigenvalue weighted by atomic mass is 10.1. The summed E-state index contributed by atoms with van der Waals surface area (Å²) in [5, 5.41) is 3.14. The average molecular weight is 417 g/mol. The van der Waals surface area contributed by atoms with Crippen LogP contribution in [0.3, 0.4) is 0 Å². The third kappa shape index (κ3) is 4.76. The molecule has 1 aromatic carbocycles. The Bertz CT molecular complexity index is 920. The minimum absolute atomic E-state index is 0.254. The van der Waals surface area contributed by atoms with Crippen LogP contribution in [0, 0.1) is 0 Å². The molecule has 8 heteroatoms. The molecule has 0 unspecified atom stereocenters. The number of benzene rings is 1. The zero-order valence-corrected chi connectivity index (χ0v) is 17.2. The van der Waals surface area contributed by atoms with Gasteiger partial charge in [0.15, 0.2) is 6.61 Å². The molecular weight excluding hydrogens is 394 g/mol. The third-order valence-corrected chi connectivity index (χ3v) is 5.60. The van der Waals surface area contributed by atoms with Crippen LogP contribution in [0.2, 0.25) is 0 Å². The van der Waals surface area contributed by atoms with Gasteiger partial charge >= 0.3 is 11.9 Å². The molecule has 0 bridgehead atoms. The van der Waals surface area contributed by atoms with E-state index in [1.165, 1.54) is 11.3 Å². The van der Waals surface area contributed by atoms with Gasteiger partial charge in [-0.05, 0) is 50.8 Å². The molecule has 1 amide bonds. The highest BCUT2D eigenvalue weighted by Crippen LogP contribution is 2.39. The molecule has 154 valence electrons. The number of hydrogen-bond donors (Lipinski definition) is 1. The number of anilines is 1. The van der Waals surface area contributed by atoms with E-state index in [0.717, 1.165) is 29.7 Å². The number of rotatable bonds is 8. The van der Waals surface area contributed by atoms with Crippen molar-refractivity contribution >= 4 is 34.2 Å². The summed E-state index contributed by atoms with van der Waals surface area (Å²) in [7, 11) is 0. The molecule has 7 nitrogen and oxygen atoms in total. The zero-order valence-electron chi connectivity index (χ0n) is 16.4. The van der Waals surface area contributed by atoms with E-state index < -0.39 is 24.5 Å². The molecule has 1 N–H and O–H groups in total. The van der Waals surface area contributed by atoms with Crippen LogP contribution >= 0.6 is 11.3 Å². The molecule has 2 aromatic rings. The lowest BCUT2D eigenvalue weighted by Crippen LogP contribution is -2.22. The maximum atomic E-state index is 12.4. The maximum absolute atomic E-state index is 12.4. The van der Waals surface area contributed by atoms with Gasteiger partial charge in [-0.3, -0.25) is 4.79 Å². The molecule has 0 saturated heterocycles. The van der Waals surface area contributed by atoms with Crippen LogP contribution in [0.1, 0.15) is 51.4 Å². The van der Waals surface area contributed by atoms with Crippen LogP contribution in [0.4, 0.5) is 5.00 Å². The van der Waals surface area contributed by atoms with Crippen LogP contribution < -0.4 is 10.1 Å². The summed E-state index contributed by atoms with van der Waals surface area (Å²) < 4.78 is 15.7. The Hall–Kier alpha value is -2.87. The van der Waals surface area contributed by atoms with Crippen LogP contribution in [-0.4, -0.2) is 37.7 Å². The number of para-hydroxylation sites is 1. The highest BCUT2D eigenvalue weighted by Gasteiger charge is 2.28. The average Bonchev–Trinajstić information content (AvgIpc) is 3.27. The fourth-order valence-corrected chi connectivity index (χ4v) is 4.49. The third-order valence-electron chi connectivity index (χ3n) is 4.39. The second-order valence-electron chi connectivity index (χ2n) is 6.34. The van der Waals surface area contributed by atoms with Gasteiger partial charge in [0.25, 0.3) is 5.91 Å². The fourth-order valence-electron chi connectivity index (χ4n) is 3.20. The number of amides is 1. The summed E-state index contributed by atoms with van der Waals surface area (Å²) in [6, 6.07) is 6.69. The Balaban J connectivity index is 1.66. The number of carbonyl (C=O) groups is 3. The van der Waals surface area contributed by atoms with E-state index in [9.17, 15) is 14.4 Å². The van der Waals surface area contributed by atoms with Gasteiger partial charge in [0.1, 0.15) is 16.3 Å². The quantitative estimate of drug-likeness (QED) is 0.660. The number of hydrogen-bond acceptors (Lipinski definition) is 7. The van der Waals surface area contributed by atoms with Crippen LogP contribution in [0.15, 0.2) is 24.3 Å². The van der Waals surface area contributed by atoms with E-state index in [1.807, 2.05) is 6.92 Å². The van der Waals surface area contributed by atoms with E-state index in [1.54, 1.807) is 31.2 Å². The molecule has 1 aromatic heterocycles. The Kier molecular flexibility index (Phi) is 6.87. The predicted molar refractivity (Wildman–Crippen MR) is 109 cm³/mol. The van der Waals surface area contributed by atoms with Crippen molar-refractivity contribution in [1.82, 2.24) is 0 Å². The van der Waals surface area contributed by atoms with Crippen molar-refractivity contribution in [2.24, 2.45) is 0 Å². The summed E-state index contributed by atoms with van der Waals surface area (Å²) in [5.41, 5.74) is 1.63. The standard InChI is InChI=1S/C21H23NO6S/c1-3-26-15-10-6-5-8-13(15)20(24)28-12-17(23)22-19-18(21(25)27-4-2)14-9-7-11-16(14)29-19/h5-6,8,10H,3-4,7,9,11-12H2,1-2H3,(H,22,23). The van der Waals surface area contributed by atoms with Gasteiger partial charge in [-0.15, -0.1) is 11.3 Å². The van der Waals surface area contributed by atoms with E-state index in [-0.39, 0.29) is 12.2 Å². The van der Waals surface area contributed by atoms with Gasteiger partial charge in [0.05, 0.1) is 18.8 Å². The van der Waals surface area contributed by atoms with Crippen LogP contribution in [-0.2, 0) is 27.1 Å². The zero-order chi connectivity index (χ0) is 20.8. The molecular formula is C21H23NO6S. The summed E-state index contributed by atoms with van der Waals surface area (Å²) in [6.07, 6.45) is 2.66. The maximum Gasteiger partial charge on any atom is 0.342 e. The molecule has 29 heavy (non-hydrogen) atoms. The molecule has 0 saturated carbocycles.